The van der Waals surface area contributed by atoms with Crippen LogP contribution in [-0.2, 0) is 0 Å². The summed E-state index contributed by atoms with van der Waals surface area (Å²) in [5.41, 5.74) is 1.89. The maximum absolute atomic E-state index is 9.54. The van der Waals surface area contributed by atoms with Crippen molar-refractivity contribution in [3.63, 3.8) is 0 Å². The van der Waals surface area contributed by atoms with Crippen molar-refractivity contribution in [1.29, 1.82) is 0 Å². The molecule has 0 amide bonds. The van der Waals surface area contributed by atoms with Crippen LogP contribution in [0, 0.1) is 0 Å². The van der Waals surface area contributed by atoms with Gasteiger partial charge in [0.1, 0.15) is 0 Å². The minimum absolute atomic E-state index is 0.149. The molecule has 10 aromatic rings. The lowest BCUT2D eigenvalue weighted by atomic mass is 9.99. The van der Waals surface area contributed by atoms with Crippen LogP contribution in [0.25, 0.3) is 95.0 Å². The van der Waals surface area contributed by atoms with Gasteiger partial charge in [-0.15, -0.1) is 0 Å². The maximum atomic E-state index is 9.54. The van der Waals surface area contributed by atoms with Crippen molar-refractivity contribution >= 4 is 21.8 Å². The summed E-state index contributed by atoms with van der Waals surface area (Å²) in [4.78, 5) is 14.2. The minimum atomic E-state index is -0.827. The molecule has 4 heteroatoms. The molecule has 0 saturated carbocycles. The molecule has 4 nitrogen and oxygen atoms in total. The Morgan fingerprint density at radius 2 is 0.873 bits per heavy atom. The molecule has 10 rings (SSSR count). The molecule has 0 spiro atoms. The third-order valence-electron chi connectivity index (χ3n) is 9.08. The largest absolute Gasteiger partial charge is 0.309 e. The predicted molar refractivity (Wildman–Crippen MR) is 227 cm³/mol. The Hall–Kier alpha value is -7.43. The zero-order valence-electron chi connectivity index (χ0n) is 44.7. The van der Waals surface area contributed by atoms with E-state index in [9.17, 15) is 9.60 Å². The first kappa shape index (κ1) is 19.6. The first-order chi connectivity index (χ1) is 33.9. The molecule has 0 aliphatic heterocycles. The van der Waals surface area contributed by atoms with E-state index >= 15 is 0 Å². The average molecular weight is 719 g/mol. The molecule has 0 fully saturated rings. The van der Waals surface area contributed by atoms with Gasteiger partial charge in [-0.2, -0.15) is 0 Å². The molecule has 0 aliphatic carbocycles. The van der Waals surface area contributed by atoms with E-state index in [2.05, 4.69) is 4.98 Å². The van der Waals surface area contributed by atoms with Crippen molar-refractivity contribution in [3.05, 3.63) is 206 Å². The minimum Gasteiger partial charge on any atom is -0.309 e. The highest BCUT2D eigenvalue weighted by Crippen LogP contribution is 2.36. The molecule has 2 heterocycles. The Balaban J connectivity index is 1.21. The lowest BCUT2D eigenvalue weighted by Crippen LogP contribution is -2.00. The smallest absolute Gasteiger partial charge is 0.164 e. The number of hydrogen-bond donors (Lipinski definition) is 0. The van der Waals surface area contributed by atoms with Gasteiger partial charge in [0.05, 0.1) is 33.0 Å². The average Bonchev–Trinajstić information content (AvgIpc) is 3.75. The van der Waals surface area contributed by atoms with Gasteiger partial charge in [-0.25, -0.2) is 15.0 Å². The highest BCUT2D eigenvalue weighted by atomic mass is 15.0. The number of benzene rings is 8. The molecular weight excluding hydrogens is 669 g/mol. The van der Waals surface area contributed by atoms with Crippen molar-refractivity contribution in [2.75, 3.05) is 0 Å². The van der Waals surface area contributed by atoms with Gasteiger partial charge in [-0.1, -0.05) is 158 Å². The number of nitrogens with zero attached hydrogens (tertiary/aromatic N) is 4. The van der Waals surface area contributed by atoms with Crippen molar-refractivity contribution in [2.45, 2.75) is 0 Å². The third kappa shape index (κ3) is 6.16. The van der Waals surface area contributed by atoms with Crippen LogP contribution < -0.4 is 0 Å². The van der Waals surface area contributed by atoms with E-state index in [-0.39, 0.29) is 23.0 Å². The SMILES string of the molecule is [2H]c1c([2H])c([2H])c(-c2c([2H])c([2H])c3c(c2[2H])c2c([2H])c([2H])c([2H])c([2H])c2n3-c2c([2H])c([2H])c(-c3nc(-c4ccccc4)nc(-c4cccc(-c5ccc(-c6ccccc6)cc5)c4)n3)c([2H])c2[2H])c([2H])c1[2H]. The van der Waals surface area contributed by atoms with Gasteiger partial charge in [-0.05, 0) is 81.7 Å². The van der Waals surface area contributed by atoms with Gasteiger partial charge in [0.2, 0.25) is 0 Å². The van der Waals surface area contributed by atoms with E-state index in [4.69, 9.17) is 22.3 Å². The van der Waals surface area contributed by atoms with Gasteiger partial charge in [0.25, 0.3) is 0 Å². The molecule has 0 unspecified atom stereocenters. The van der Waals surface area contributed by atoms with Crippen molar-refractivity contribution in [2.24, 2.45) is 0 Å². The fourth-order valence-corrected chi connectivity index (χ4v) is 6.42. The summed E-state index contributed by atoms with van der Waals surface area (Å²) >= 11 is 0. The molecule has 0 radical (unpaired) electrons. The zero-order valence-corrected chi connectivity index (χ0v) is 28.7. The molecule has 55 heavy (non-hydrogen) atoms. The van der Waals surface area contributed by atoms with Crippen LogP contribution in [0.4, 0.5) is 0 Å². The van der Waals surface area contributed by atoms with Gasteiger partial charge >= 0.3 is 0 Å². The van der Waals surface area contributed by atoms with E-state index < -0.39 is 135 Å². The Kier molecular flexibility index (Phi) is 4.93. The van der Waals surface area contributed by atoms with E-state index in [0.717, 1.165) is 26.8 Å². The van der Waals surface area contributed by atoms with Crippen LogP contribution in [0.2, 0.25) is 0 Å². The monoisotopic (exact) mass is 718 g/mol. The third-order valence-corrected chi connectivity index (χ3v) is 9.08. The first-order valence-corrected chi connectivity index (χ1v) is 17.2. The molecule has 0 saturated heterocycles. The van der Waals surface area contributed by atoms with Gasteiger partial charge in [0, 0.05) is 33.2 Å². The van der Waals surface area contributed by atoms with E-state index in [1.807, 2.05) is 78.9 Å². The number of hydrogen-bond acceptors (Lipinski definition) is 3. The number of rotatable bonds is 7. The zero-order chi connectivity index (χ0) is 50.5. The van der Waals surface area contributed by atoms with Crippen LogP contribution in [0.5, 0.6) is 0 Å². The lowest BCUT2D eigenvalue weighted by molar-refractivity contribution is 1.07. The van der Waals surface area contributed by atoms with Crippen molar-refractivity contribution in [3.8, 4) is 73.2 Å². The Morgan fingerprint density at radius 1 is 0.345 bits per heavy atom. The Morgan fingerprint density at radius 3 is 1.60 bits per heavy atom. The summed E-state index contributed by atoms with van der Waals surface area (Å²) in [6.07, 6.45) is 0. The fourth-order valence-electron chi connectivity index (χ4n) is 6.42. The second-order valence-corrected chi connectivity index (χ2v) is 12.5. The Bertz CT molecular complexity index is 3820. The molecule has 0 N–H and O–H groups in total. The summed E-state index contributed by atoms with van der Waals surface area (Å²) in [5, 5.41) is -0.817. The molecule has 8 aromatic carbocycles. The highest BCUT2D eigenvalue weighted by molar-refractivity contribution is 6.10. The van der Waals surface area contributed by atoms with Gasteiger partial charge < -0.3 is 4.57 Å². The molecule has 0 atom stereocenters. The highest BCUT2D eigenvalue weighted by Gasteiger charge is 2.16. The topological polar surface area (TPSA) is 43.6 Å². The molecule has 0 aliphatic rings. The van der Waals surface area contributed by atoms with Crippen LogP contribution in [0.15, 0.2) is 206 Å². The summed E-state index contributed by atoms with van der Waals surface area (Å²) in [6.45, 7) is 0. The normalized spacial score (nSPS) is 15.3. The second kappa shape index (κ2) is 13.8. The summed E-state index contributed by atoms with van der Waals surface area (Å²) in [5.74, 6) is 0.0726. The van der Waals surface area contributed by atoms with Crippen LogP contribution in [0.3, 0.4) is 0 Å². The standard InChI is InChI=1S/C51H34N4/c1-4-13-35(14-5-1)37-23-25-38(26-24-37)41-19-12-20-43(33-41)51-53-49(39-17-8-3-9-18-39)52-50(54-51)40-27-30-44(31-28-40)55-47-22-11-10-21-45(47)46-34-42(29-32-48(46)55)36-15-6-2-7-16-36/h1-34H/i2D,6D,7D,10D,11D,15D,16D,21D,22D,27D,28D,29D,30D,31D,32D,34D. The molecular formula is C51H34N4. The van der Waals surface area contributed by atoms with Gasteiger partial charge in [0.15, 0.2) is 17.5 Å². The summed E-state index contributed by atoms with van der Waals surface area (Å²) < 4.78 is 144. The molecule has 0 bridgehead atoms. The van der Waals surface area contributed by atoms with E-state index in [1.165, 1.54) is 0 Å². The number of aromatic nitrogens is 4. The van der Waals surface area contributed by atoms with E-state index in [0.29, 0.717) is 11.1 Å². The van der Waals surface area contributed by atoms with Crippen molar-refractivity contribution in [1.82, 2.24) is 19.5 Å². The summed E-state index contributed by atoms with van der Waals surface area (Å²) in [6, 6.07) is 22.3. The molecule has 2 aromatic heterocycles. The lowest BCUT2D eigenvalue weighted by Gasteiger charge is -2.11. The van der Waals surface area contributed by atoms with Crippen LogP contribution >= 0.6 is 0 Å². The van der Waals surface area contributed by atoms with Crippen molar-refractivity contribution < 1.29 is 21.9 Å². The number of fused-ring (bicyclic) bond motifs is 3. The van der Waals surface area contributed by atoms with Crippen LogP contribution in [-0.4, -0.2) is 19.5 Å². The van der Waals surface area contributed by atoms with Crippen LogP contribution in [0.1, 0.15) is 21.9 Å². The summed E-state index contributed by atoms with van der Waals surface area (Å²) in [7, 11) is 0. The fraction of sp³-hybridized carbons (Fsp3) is 0. The van der Waals surface area contributed by atoms with E-state index in [1.54, 1.807) is 30.3 Å². The van der Waals surface area contributed by atoms with Gasteiger partial charge in [-0.3, -0.25) is 0 Å². The second-order valence-electron chi connectivity index (χ2n) is 12.5. The predicted octanol–water partition coefficient (Wildman–Crippen LogP) is 13.0. The first-order valence-electron chi connectivity index (χ1n) is 25.2. The Labute approximate surface area is 342 Å². The number of para-hydroxylation sites is 1. The maximum Gasteiger partial charge on any atom is 0.164 e. The molecule has 258 valence electrons. The quantitative estimate of drug-likeness (QED) is 0.165.